The molecule has 0 atom stereocenters. The summed E-state index contributed by atoms with van der Waals surface area (Å²) in [4.78, 5) is 2.37. The maximum Gasteiger partial charge on any atom is 0.0620 e. The summed E-state index contributed by atoms with van der Waals surface area (Å²) < 4.78 is 2.44. The Morgan fingerprint density at radius 3 is 1.98 bits per heavy atom. The van der Waals surface area contributed by atoms with Crippen LogP contribution >= 0.6 is 0 Å². The lowest BCUT2D eigenvalue weighted by molar-refractivity contribution is 1.20. The Morgan fingerprint density at radius 2 is 1.11 bits per heavy atom. The van der Waals surface area contributed by atoms with Crippen LogP contribution in [0.2, 0.25) is 0 Å². The highest BCUT2D eigenvalue weighted by Crippen LogP contribution is 2.52. The second kappa shape index (κ2) is 8.59. The van der Waals surface area contributed by atoms with Crippen molar-refractivity contribution in [3.63, 3.8) is 0 Å². The van der Waals surface area contributed by atoms with E-state index in [0.29, 0.717) is 0 Å². The highest BCUT2D eigenvalue weighted by atomic mass is 15.2. The Kier molecular flexibility index (Phi) is 4.62. The summed E-state index contributed by atoms with van der Waals surface area (Å²) in [7, 11) is 0. The lowest BCUT2D eigenvalue weighted by Crippen LogP contribution is -2.27. The molecule has 10 rings (SSSR count). The number of benzene rings is 6. The minimum absolute atomic E-state index is 1.01. The molecule has 0 radical (unpaired) electrons. The number of allylic oxidation sites excluding steroid dienone is 4. The van der Waals surface area contributed by atoms with Gasteiger partial charge in [-0.05, 0) is 76.4 Å². The van der Waals surface area contributed by atoms with E-state index in [1.807, 2.05) is 0 Å². The smallest absolute Gasteiger partial charge is 0.0620 e. The van der Waals surface area contributed by atoms with Crippen molar-refractivity contribution < 1.29 is 0 Å². The molecule has 44 heavy (non-hydrogen) atoms. The van der Waals surface area contributed by atoms with Gasteiger partial charge in [0.05, 0.1) is 33.6 Å². The van der Waals surface area contributed by atoms with Crippen LogP contribution in [0.1, 0.15) is 11.1 Å². The predicted octanol–water partition coefficient (Wildman–Crippen LogP) is 11.2. The van der Waals surface area contributed by atoms with Gasteiger partial charge in [0.2, 0.25) is 0 Å². The molecule has 0 amide bonds. The first-order chi connectivity index (χ1) is 21.7. The van der Waals surface area contributed by atoms with Crippen molar-refractivity contribution in [2.45, 2.75) is 0 Å². The second-order valence-corrected chi connectivity index (χ2v) is 11.9. The second-order valence-electron chi connectivity index (χ2n) is 11.9. The van der Waals surface area contributed by atoms with Crippen molar-refractivity contribution in [2.75, 3.05) is 4.90 Å². The quantitative estimate of drug-likeness (QED) is 0.205. The average molecular weight is 559 g/mol. The van der Waals surface area contributed by atoms with E-state index < -0.39 is 0 Å². The zero-order valence-corrected chi connectivity index (χ0v) is 24.0. The Hall–Kier alpha value is -5.86. The molecule has 0 saturated carbocycles. The molecule has 2 nitrogen and oxygen atoms in total. The Labute approximate surface area is 255 Å². The van der Waals surface area contributed by atoms with Crippen molar-refractivity contribution >= 4 is 60.7 Å². The number of hydrogen-bond donors (Lipinski definition) is 0. The Morgan fingerprint density at radius 1 is 0.477 bits per heavy atom. The Balaban J connectivity index is 1.11. The van der Waals surface area contributed by atoms with Gasteiger partial charge < -0.3 is 9.30 Å². The standard InChI is InChI=1S/C42H26N2/c1-26-9-7-16-38-36-25-28(27-10-3-2-4-11-27)17-22-41(36)43(38)39-20-18-29(23-34(26)39)30-19-21-40-35(24-30)33-14-8-13-32-31-12-5-6-15-37(31)44(40)42(32)33/h2-25H,1H2/b9-7-,38-16-. The van der Waals surface area contributed by atoms with E-state index in [9.17, 15) is 0 Å². The van der Waals surface area contributed by atoms with Crippen molar-refractivity contribution in [2.24, 2.45) is 0 Å². The molecule has 0 saturated heterocycles. The molecule has 8 aromatic rings. The summed E-state index contributed by atoms with van der Waals surface area (Å²) in [6.45, 7) is 4.47. The van der Waals surface area contributed by atoms with E-state index in [-0.39, 0.29) is 0 Å². The third-order valence-electron chi connectivity index (χ3n) is 9.55. The number of anilines is 2. The summed E-state index contributed by atoms with van der Waals surface area (Å²) in [5.74, 6) is 0. The molecule has 0 aliphatic carbocycles. The van der Waals surface area contributed by atoms with Gasteiger partial charge in [0.25, 0.3) is 0 Å². The number of aromatic nitrogens is 1. The molecule has 4 heterocycles. The first-order valence-electron chi connectivity index (χ1n) is 15.1. The summed E-state index contributed by atoms with van der Waals surface area (Å²) >= 11 is 0. The topological polar surface area (TPSA) is 7.65 Å². The van der Waals surface area contributed by atoms with Gasteiger partial charge in [-0.3, -0.25) is 0 Å². The molecule has 2 aliphatic rings. The fourth-order valence-electron chi connectivity index (χ4n) is 7.49. The minimum atomic E-state index is 1.01. The molecular weight excluding hydrogens is 532 g/mol. The van der Waals surface area contributed by atoms with Gasteiger partial charge in [-0.25, -0.2) is 0 Å². The van der Waals surface area contributed by atoms with E-state index in [1.54, 1.807) is 0 Å². The zero-order valence-electron chi connectivity index (χ0n) is 24.0. The van der Waals surface area contributed by atoms with E-state index in [1.165, 1.54) is 83.0 Å². The number of hydrogen-bond acceptors (Lipinski definition) is 1. The summed E-state index contributed by atoms with van der Waals surface area (Å²) in [6.07, 6.45) is 6.47. The molecule has 0 bridgehead atoms. The molecule has 204 valence electrons. The van der Waals surface area contributed by atoms with Gasteiger partial charge in [-0.2, -0.15) is 0 Å². The van der Waals surface area contributed by atoms with Gasteiger partial charge >= 0.3 is 0 Å². The lowest BCUT2D eigenvalue weighted by Gasteiger charge is -2.41. The number of rotatable bonds is 2. The van der Waals surface area contributed by atoms with Crippen molar-refractivity contribution in [1.82, 2.24) is 4.40 Å². The first kappa shape index (κ1) is 23.7. The van der Waals surface area contributed by atoms with Crippen LogP contribution < -0.4 is 4.90 Å². The molecule has 6 aromatic carbocycles. The van der Waals surface area contributed by atoms with E-state index in [2.05, 4.69) is 162 Å². The largest absolute Gasteiger partial charge is 0.309 e. The van der Waals surface area contributed by atoms with E-state index in [0.717, 1.165) is 11.1 Å². The number of fused-ring (bicyclic) bond motifs is 12. The van der Waals surface area contributed by atoms with Crippen molar-refractivity contribution in [1.29, 1.82) is 0 Å². The Bertz CT molecular complexity index is 2560. The number of nitrogens with zero attached hydrogens (tertiary/aromatic N) is 2. The third-order valence-corrected chi connectivity index (χ3v) is 9.55. The van der Waals surface area contributed by atoms with Crippen molar-refractivity contribution in [3.8, 4) is 22.3 Å². The van der Waals surface area contributed by atoms with Gasteiger partial charge in [-0.15, -0.1) is 0 Å². The third kappa shape index (κ3) is 3.09. The molecule has 0 spiro atoms. The molecule has 0 N–H and O–H groups in total. The van der Waals surface area contributed by atoms with Crippen LogP contribution in [-0.2, 0) is 0 Å². The van der Waals surface area contributed by atoms with Crippen molar-refractivity contribution in [3.05, 3.63) is 163 Å². The number of para-hydroxylation sites is 2. The van der Waals surface area contributed by atoms with Gasteiger partial charge in [0.15, 0.2) is 0 Å². The minimum Gasteiger partial charge on any atom is -0.309 e. The highest BCUT2D eigenvalue weighted by Gasteiger charge is 2.32. The van der Waals surface area contributed by atoms with E-state index >= 15 is 0 Å². The highest BCUT2D eigenvalue weighted by molar-refractivity contribution is 6.23. The molecular formula is C42H26N2. The predicted molar refractivity (Wildman–Crippen MR) is 187 cm³/mol. The molecule has 2 heteroatoms. The van der Waals surface area contributed by atoms with Crippen LogP contribution in [0, 0.1) is 0 Å². The molecule has 2 aromatic heterocycles. The maximum atomic E-state index is 4.47. The summed E-state index contributed by atoms with van der Waals surface area (Å²) in [5.41, 5.74) is 15.8. The fourth-order valence-corrected chi connectivity index (χ4v) is 7.49. The van der Waals surface area contributed by atoms with Gasteiger partial charge in [-0.1, -0.05) is 104 Å². The van der Waals surface area contributed by atoms with Crippen LogP contribution in [0.15, 0.2) is 152 Å². The van der Waals surface area contributed by atoms with Crippen LogP contribution in [-0.4, -0.2) is 4.40 Å². The molecule has 0 unspecified atom stereocenters. The SMILES string of the molecule is C=C1/C=C\C=C2\c3cc(-c4ccccc4)ccc3N2c2ccc(-c3ccc4c(c3)c3cccc5c6ccccc6n4c53)cc21. The lowest BCUT2D eigenvalue weighted by atomic mass is 9.88. The van der Waals surface area contributed by atoms with Crippen LogP contribution in [0.25, 0.3) is 71.6 Å². The van der Waals surface area contributed by atoms with Crippen LogP contribution in [0.4, 0.5) is 11.4 Å². The van der Waals surface area contributed by atoms with Crippen LogP contribution in [0.3, 0.4) is 0 Å². The fraction of sp³-hybridized carbons (Fsp3) is 0. The summed E-state index contributed by atoms with van der Waals surface area (Å²) in [5, 5.41) is 5.21. The van der Waals surface area contributed by atoms with Gasteiger partial charge in [0, 0.05) is 32.7 Å². The molecule has 0 fully saturated rings. The maximum absolute atomic E-state index is 4.47. The summed E-state index contributed by atoms with van der Waals surface area (Å²) in [6, 6.07) is 46.6. The first-order valence-corrected chi connectivity index (χ1v) is 15.1. The average Bonchev–Trinajstić information content (AvgIpc) is 3.59. The monoisotopic (exact) mass is 558 g/mol. The zero-order chi connectivity index (χ0) is 28.9. The normalized spacial score (nSPS) is 15.9. The van der Waals surface area contributed by atoms with Crippen LogP contribution in [0.5, 0.6) is 0 Å². The van der Waals surface area contributed by atoms with E-state index in [4.69, 9.17) is 0 Å². The molecule has 2 aliphatic heterocycles. The van der Waals surface area contributed by atoms with Gasteiger partial charge in [0.1, 0.15) is 0 Å².